The molecule has 0 spiro atoms. The third kappa shape index (κ3) is 5.26. The highest BCUT2D eigenvalue weighted by Crippen LogP contribution is 2.24. The van der Waals surface area contributed by atoms with Crippen LogP contribution in [0.3, 0.4) is 0 Å². The number of hydrogen-bond acceptors (Lipinski definition) is 8. The van der Waals surface area contributed by atoms with Gasteiger partial charge < -0.3 is 20.4 Å². The second-order valence-corrected chi connectivity index (χ2v) is 8.76. The zero-order valence-electron chi connectivity index (χ0n) is 19.4. The summed E-state index contributed by atoms with van der Waals surface area (Å²) in [5.74, 6) is 1.56. The normalized spacial score (nSPS) is 17.5. The van der Waals surface area contributed by atoms with Crippen LogP contribution in [-0.2, 0) is 4.79 Å². The molecule has 0 aliphatic carbocycles. The summed E-state index contributed by atoms with van der Waals surface area (Å²) in [4.78, 5) is 32.8. The van der Waals surface area contributed by atoms with E-state index in [1.165, 1.54) is 0 Å². The van der Waals surface area contributed by atoms with Crippen LogP contribution < -0.4 is 15.5 Å². The fraction of sp³-hybridized carbons (Fsp3) is 0.360. The zero-order chi connectivity index (χ0) is 23.3. The molecule has 7 heterocycles. The largest absolute Gasteiger partial charge is 0.370 e. The van der Waals surface area contributed by atoms with Gasteiger partial charge in [-0.25, -0.2) is 15.0 Å². The maximum Gasteiger partial charge on any atom is 0.236 e. The van der Waals surface area contributed by atoms with E-state index >= 15 is 0 Å². The third-order valence-electron chi connectivity index (χ3n) is 6.24. The number of piperazine rings is 1. The summed E-state index contributed by atoms with van der Waals surface area (Å²) in [5.41, 5.74) is 3.80. The SMILES string of the molecule is CN1CCCNc2ccc(cn2)-c2ccnc(n2)Nc2cccc(c2)N2CCN(CC2)C(=O)C1. The van der Waals surface area contributed by atoms with Gasteiger partial charge in [0.25, 0.3) is 0 Å². The van der Waals surface area contributed by atoms with E-state index in [1.54, 1.807) is 6.20 Å². The summed E-state index contributed by atoms with van der Waals surface area (Å²) in [7, 11) is 2.01. The molecule has 5 aliphatic rings. The lowest BCUT2D eigenvalue weighted by Gasteiger charge is -2.37. The van der Waals surface area contributed by atoms with E-state index in [4.69, 9.17) is 0 Å². The van der Waals surface area contributed by atoms with Crippen molar-refractivity contribution in [1.82, 2.24) is 24.8 Å². The predicted octanol–water partition coefficient (Wildman–Crippen LogP) is 2.68. The molecule has 9 heteroatoms. The molecule has 1 aromatic carbocycles. The summed E-state index contributed by atoms with van der Waals surface area (Å²) in [5, 5.41) is 6.69. The summed E-state index contributed by atoms with van der Waals surface area (Å²) in [6.45, 7) is 5.19. The number of rotatable bonds is 0. The molecule has 0 unspecified atom stereocenters. The zero-order valence-corrected chi connectivity index (χ0v) is 19.4. The number of nitrogens with one attached hydrogen (secondary N) is 2. The van der Waals surface area contributed by atoms with E-state index in [-0.39, 0.29) is 5.91 Å². The molecule has 3 aromatic rings. The van der Waals surface area contributed by atoms with Crippen LogP contribution in [0.2, 0.25) is 0 Å². The third-order valence-corrected chi connectivity index (χ3v) is 6.24. The van der Waals surface area contributed by atoms with Crippen molar-refractivity contribution >= 4 is 29.0 Å². The molecular formula is C25H30N8O. The average Bonchev–Trinajstić information content (AvgIpc) is 2.87. The Morgan fingerprint density at radius 1 is 0.941 bits per heavy atom. The average molecular weight is 459 g/mol. The van der Waals surface area contributed by atoms with Crippen molar-refractivity contribution in [3.63, 3.8) is 0 Å². The molecular weight excluding hydrogens is 428 g/mol. The van der Waals surface area contributed by atoms with E-state index in [9.17, 15) is 4.79 Å². The Kier molecular flexibility index (Phi) is 6.53. The van der Waals surface area contributed by atoms with E-state index in [0.29, 0.717) is 12.5 Å². The molecule has 34 heavy (non-hydrogen) atoms. The van der Waals surface area contributed by atoms with Crippen LogP contribution >= 0.6 is 0 Å². The maximum absolute atomic E-state index is 12.8. The minimum atomic E-state index is 0.196. The quantitative estimate of drug-likeness (QED) is 0.532. The van der Waals surface area contributed by atoms with Crippen molar-refractivity contribution < 1.29 is 4.79 Å². The molecule has 0 saturated carbocycles. The number of nitrogens with zero attached hydrogens (tertiary/aromatic N) is 6. The van der Waals surface area contributed by atoms with Crippen LogP contribution in [0, 0.1) is 0 Å². The first kappa shape index (κ1) is 22.1. The van der Waals surface area contributed by atoms with Crippen molar-refractivity contribution in [1.29, 1.82) is 0 Å². The lowest BCUT2D eigenvalue weighted by atomic mass is 10.2. The standard InChI is InChI=1S/C25H30N8O/c1-31-11-3-9-26-23-7-6-19(17-28-23)22-8-10-27-25(30-22)29-20-4-2-5-21(16-20)32-12-14-33(15-13-32)24(34)18-31/h2,4-8,10,16-17H,3,9,11-15,18H2,1H3,(H,26,28)(H,27,29,30). The second-order valence-electron chi connectivity index (χ2n) is 8.76. The Morgan fingerprint density at radius 3 is 2.62 bits per heavy atom. The Balaban J connectivity index is 1.40. The monoisotopic (exact) mass is 458 g/mol. The minimum absolute atomic E-state index is 0.196. The van der Waals surface area contributed by atoms with Gasteiger partial charge in [-0.15, -0.1) is 0 Å². The highest BCUT2D eigenvalue weighted by Gasteiger charge is 2.22. The topological polar surface area (TPSA) is 89.5 Å². The van der Waals surface area contributed by atoms with Gasteiger partial charge in [-0.3, -0.25) is 9.69 Å². The van der Waals surface area contributed by atoms with Gasteiger partial charge in [0.2, 0.25) is 11.9 Å². The van der Waals surface area contributed by atoms with Gasteiger partial charge in [-0.1, -0.05) is 6.07 Å². The molecule has 176 valence electrons. The summed E-state index contributed by atoms with van der Waals surface area (Å²) in [6, 6.07) is 14.1. The van der Waals surface area contributed by atoms with Gasteiger partial charge in [-0.05, 0) is 49.9 Å². The van der Waals surface area contributed by atoms with Crippen molar-refractivity contribution in [3.05, 3.63) is 54.9 Å². The first-order valence-electron chi connectivity index (χ1n) is 11.8. The fourth-order valence-electron chi connectivity index (χ4n) is 4.33. The number of hydrogen-bond donors (Lipinski definition) is 2. The number of anilines is 4. The van der Waals surface area contributed by atoms with Gasteiger partial charge in [0.15, 0.2) is 0 Å². The van der Waals surface area contributed by atoms with Crippen LogP contribution in [-0.4, -0.2) is 83.5 Å². The van der Waals surface area contributed by atoms with Crippen LogP contribution in [0.1, 0.15) is 6.42 Å². The molecule has 1 fully saturated rings. The number of carbonyl (C=O) groups is 1. The van der Waals surface area contributed by atoms with Crippen molar-refractivity contribution in [2.24, 2.45) is 0 Å². The van der Waals surface area contributed by atoms with Gasteiger partial charge in [0.05, 0.1) is 12.2 Å². The molecule has 0 radical (unpaired) electrons. The fourth-order valence-corrected chi connectivity index (χ4v) is 4.33. The Morgan fingerprint density at radius 2 is 1.79 bits per heavy atom. The molecule has 8 rings (SSSR count). The predicted molar refractivity (Wildman–Crippen MR) is 134 cm³/mol. The van der Waals surface area contributed by atoms with E-state index in [2.05, 4.69) is 47.5 Å². The lowest BCUT2D eigenvalue weighted by molar-refractivity contribution is -0.132. The molecule has 5 aliphatic heterocycles. The van der Waals surface area contributed by atoms with E-state index < -0.39 is 0 Å². The van der Waals surface area contributed by atoms with E-state index in [1.807, 2.05) is 48.5 Å². The van der Waals surface area contributed by atoms with Crippen LogP contribution in [0.4, 0.5) is 23.1 Å². The lowest BCUT2D eigenvalue weighted by Crippen LogP contribution is -2.51. The van der Waals surface area contributed by atoms with Crippen LogP contribution in [0.15, 0.2) is 54.9 Å². The van der Waals surface area contributed by atoms with E-state index in [0.717, 1.165) is 74.1 Å². The Hall–Kier alpha value is -3.72. The number of amides is 1. The second kappa shape index (κ2) is 10.0. The Bertz CT molecular complexity index is 1130. The van der Waals surface area contributed by atoms with Gasteiger partial charge >= 0.3 is 0 Å². The molecule has 8 bridgehead atoms. The van der Waals surface area contributed by atoms with Crippen molar-refractivity contribution in [3.8, 4) is 11.3 Å². The first-order valence-corrected chi connectivity index (χ1v) is 11.8. The number of benzene rings is 1. The number of pyridine rings is 1. The summed E-state index contributed by atoms with van der Waals surface area (Å²) >= 11 is 0. The smallest absolute Gasteiger partial charge is 0.236 e. The maximum atomic E-state index is 12.8. The molecule has 9 nitrogen and oxygen atoms in total. The number of carbonyl (C=O) groups excluding carboxylic acids is 1. The molecule has 2 aromatic heterocycles. The van der Waals surface area contributed by atoms with Gasteiger partial charge in [0, 0.05) is 68.6 Å². The summed E-state index contributed by atoms with van der Waals surface area (Å²) < 4.78 is 0. The highest BCUT2D eigenvalue weighted by molar-refractivity contribution is 5.78. The van der Waals surface area contributed by atoms with Crippen molar-refractivity contribution in [2.75, 3.05) is 68.4 Å². The molecule has 2 N–H and O–H groups in total. The highest BCUT2D eigenvalue weighted by atomic mass is 16.2. The van der Waals surface area contributed by atoms with Gasteiger partial charge in [-0.2, -0.15) is 0 Å². The van der Waals surface area contributed by atoms with Gasteiger partial charge in [0.1, 0.15) is 5.82 Å². The van der Waals surface area contributed by atoms with Crippen LogP contribution in [0.25, 0.3) is 11.3 Å². The van der Waals surface area contributed by atoms with Crippen molar-refractivity contribution in [2.45, 2.75) is 6.42 Å². The minimum Gasteiger partial charge on any atom is -0.370 e. The van der Waals surface area contributed by atoms with Crippen LogP contribution in [0.5, 0.6) is 0 Å². The summed E-state index contributed by atoms with van der Waals surface area (Å²) in [6.07, 6.45) is 4.51. The Labute approximate surface area is 199 Å². The first-order chi connectivity index (χ1) is 16.6. The molecule has 1 saturated heterocycles. The molecule has 1 amide bonds. The number of likely N-dealkylation sites (N-methyl/N-ethyl adjacent to an activating group) is 1. The number of aromatic nitrogens is 3. The molecule has 0 atom stereocenters.